The van der Waals surface area contributed by atoms with Crippen LogP contribution in [0, 0.1) is 0 Å². The SMILES string of the molecule is CCc1cc(C(=O)O)c(Cl)s1. The Morgan fingerprint density at radius 2 is 2.45 bits per heavy atom. The number of hydrogen-bond acceptors (Lipinski definition) is 2. The van der Waals surface area contributed by atoms with E-state index in [-0.39, 0.29) is 5.56 Å². The van der Waals surface area contributed by atoms with Crippen LogP contribution in [-0.4, -0.2) is 11.1 Å². The average molecular weight is 191 g/mol. The van der Waals surface area contributed by atoms with E-state index in [9.17, 15) is 4.79 Å². The molecule has 1 heterocycles. The van der Waals surface area contributed by atoms with Crippen molar-refractivity contribution in [1.82, 2.24) is 0 Å². The fraction of sp³-hybridized carbons (Fsp3) is 0.286. The van der Waals surface area contributed by atoms with Crippen LogP contribution in [-0.2, 0) is 6.42 Å². The van der Waals surface area contributed by atoms with E-state index in [0.717, 1.165) is 11.3 Å². The number of carbonyl (C=O) groups is 1. The van der Waals surface area contributed by atoms with Gasteiger partial charge in [0.1, 0.15) is 4.34 Å². The Bertz CT molecular complexity index is 280. The molecule has 0 bridgehead atoms. The van der Waals surface area contributed by atoms with E-state index in [4.69, 9.17) is 16.7 Å². The van der Waals surface area contributed by atoms with E-state index < -0.39 is 5.97 Å². The van der Waals surface area contributed by atoms with E-state index in [1.54, 1.807) is 6.07 Å². The summed E-state index contributed by atoms with van der Waals surface area (Å²) in [7, 11) is 0. The number of rotatable bonds is 2. The molecule has 0 aliphatic carbocycles. The van der Waals surface area contributed by atoms with E-state index >= 15 is 0 Å². The maximum atomic E-state index is 10.5. The molecule has 0 atom stereocenters. The molecule has 0 aliphatic rings. The van der Waals surface area contributed by atoms with Gasteiger partial charge in [0.2, 0.25) is 0 Å². The molecule has 11 heavy (non-hydrogen) atoms. The minimum atomic E-state index is -0.953. The summed E-state index contributed by atoms with van der Waals surface area (Å²) in [6.45, 7) is 1.97. The molecule has 1 aromatic rings. The van der Waals surface area contributed by atoms with Crippen LogP contribution in [0.15, 0.2) is 6.07 Å². The minimum absolute atomic E-state index is 0.216. The van der Waals surface area contributed by atoms with Gasteiger partial charge in [0.05, 0.1) is 5.56 Å². The summed E-state index contributed by atoms with van der Waals surface area (Å²) in [6, 6.07) is 1.62. The summed E-state index contributed by atoms with van der Waals surface area (Å²) < 4.78 is 0.370. The second-order valence-corrected chi connectivity index (χ2v) is 3.80. The summed E-state index contributed by atoms with van der Waals surface area (Å²) in [5.41, 5.74) is 0.216. The lowest BCUT2D eigenvalue weighted by Crippen LogP contribution is -1.93. The van der Waals surface area contributed by atoms with Gasteiger partial charge in [0, 0.05) is 4.88 Å². The van der Waals surface area contributed by atoms with Crippen LogP contribution in [0.4, 0.5) is 0 Å². The van der Waals surface area contributed by atoms with Crippen molar-refractivity contribution < 1.29 is 9.90 Å². The number of aromatic carboxylic acids is 1. The molecule has 0 amide bonds. The third-order valence-electron chi connectivity index (χ3n) is 1.32. The van der Waals surface area contributed by atoms with Crippen LogP contribution in [0.2, 0.25) is 4.34 Å². The van der Waals surface area contributed by atoms with Crippen molar-refractivity contribution in [3.8, 4) is 0 Å². The first-order valence-corrected chi connectivity index (χ1v) is 4.36. The van der Waals surface area contributed by atoms with Gasteiger partial charge < -0.3 is 5.11 Å². The highest BCUT2D eigenvalue weighted by molar-refractivity contribution is 7.16. The Hall–Kier alpha value is -0.540. The number of halogens is 1. The molecule has 2 nitrogen and oxygen atoms in total. The lowest BCUT2D eigenvalue weighted by Gasteiger charge is -1.84. The maximum absolute atomic E-state index is 10.5. The van der Waals surface area contributed by atoms with Gasteiger partial charge in [-0.1, -0.05) is 18.5 Å². The zero-order valence-corrected chi connectivity index (χ0v) is 7.50. The minimum Gasteiger partial charge on any atom is -0.478 e. The van der Waals surface area contributed by atoms with Gasteiger partial charge in [-0.05, 0) is 12.5 Å². The Morgan fingerprint density at radius 3 is 2.73 bits per heavy atom. The highest BCUT2D eigenvalue weighted by Gasteiger charge is 2.11. The van der Waals surface area contributed by atoms with E-state index in [2.05, 4.69) is 0 Å². The van der Waals surface area contributed by atoms with Crippen molar-refractivity contribution in [3.05, 3.63) is 20.8 Å². The molecule has 0 saturated carbocycles. The largest absolute Gasteiger partial charge is 0.478 e. The summed E-state index contributed by atoms with van der Waals surface area (Å²) in [5, 5.41) is 8.60. The first-order valence-electron chi connectivity index (χ1n) is 3.16. The van der Waals surface area contributed by atoms with Crippen molar-refractivity contribution in [1.29, 1.82) is 0 Å². The standard InChI is InChI=1S/C7H7ClO2S/c1-2-4-3-5(7(9)10)6(8)11-4/h3H,2H2,1H3,(H,9,10). The summed E-state index contributed by atoms with van der Waals surface area (Å²) >= 11 is 6.98. The first-order chi connectivity index (χ1) is 5.15. The smallest absolute Gasteiger partial charge is 0.338 e. The Labute approximate surface area is 73.4 Å². The Kier molecular flexibility index (Phi) is 2.52. The number of hydrogen-bond donors (Lipinski definition) is 1. The van der Waals surface area contributed by atoms with Crippen LogP contribution < -0.4 is 0 Å². The molecule has 4 heteroatoms. The highest BCUT2D eigenvalue weighted by atomic mass is 35.5. The summed E-state index contributed by atoms with van der Waals surface area (Å²) in [5.74, 6) is -0.953. The molecule has 0 spiro atoms. The van der Waals surface area contributed by atoms with Gasteiger partial charge >= 0.3 is 5.97 Å². The predicted octanol–water partition coefficient (Wildman–Crippen LogP) is 2.66. The molecule has 60 valence electrons. The van der Waals surface area contributed by atoms with Gasteiger partial charge in [-0.2, -0.15) is 0 Å². The van der Waals surface area contributed by atoms with E-state index in [0.29, 0.717) is 4.34 Å². The van der Waals surface area contributed by atoms with Gasteiger partial charge in [0.25, 0.3) is 0 Å². The second kappa shape index (κ2) is 3.24. The molecule has 1 N–H and O–H groups in total. The Morgan fingerprint density at radius 1 is 1.82 bits per heavy atom. The zero-order chi connectivity index (χ0) is 8.43. The molecule has 0 aromatic carbocycles. The van der Waals surface area contributed by atoms with Crippen LogP contribution in [0.1, 0.15) is 22.2 Å². The molecule has 0 aliphatic heterocycles. The first kappa shape index (κ1) is 8.56. The monoisotopic (exact) mass is 190 g/mol. The van der Waals surface area contributed by atoms with Crippen LogP contribution in [0.3, 0.4) is 0 Å². The van der Waals surface area contributed by atoms with Crippen molar-refractivity contribution in [2.75, 3.05) is 0 Å². The predicted molar refractivity (Wildman–Crippen MR) is 45.7 cm³/mol. The van der Waals surface area contributed by atoms with Crippen molar-refractivity contribution in [2.24, 2.45) is 0 Å². The molecule has 0 unspecified atom stereocenters. The van der Waals surface area contributed by atoms with Crippen LogP contribution in [0.25, 0.3) is 0 Å². The number of carboxylic acids is 1. The molecular formula is C7H7ClO2S. The third-order valence-corrected chi connectivity index (χ3v) is 2.82. The average Bonchev–Trinajstić information content (AvgIpc) is 2.30. The fourth-order valence-electron chi connectivity index (χ4n) is 0.737. The second-order valence-electron chi connectivity index (χ2n) is 2.06. The van der Waals surface area contributed by atoms with Crippen LogP contribution in [0.5, 0.6) is 0 Å². The Balaban J connectivity index is 3.07. The van der Waals surface area contributed by atoms with Crippen molar-refractivity contribution in [2.45, 2.75) is 13.3 Å². The van der Waals surface area contributed by atoms with Gasteiger partial charge in [-0.25, -0.2) is 4.79 Å². The van der Waals surface area contributed by atoms with Crippen molar-refractivity contribution in [3.63, 3.8) is 0 Å². The summed E-state index contributed by atoms with van der Waals surface area (Å²) in [4.78, 5) is 11.5. The fourth-order valence-corrected chi connectivity index (χ4v) is 1.98. The van der Waals surface area contributed by atoms with Gasteiger partial charge in [0.15, 0.2) is 0 Å². The molecular weight excluding hydrogens is 184 g/mol. The van der Waals surface area contributed by atoms with Gasteiger partial charge in [-0.15, -0.1) is 11.3 Å². The van der Waals surface area contributed by atoms with Crippen LogP contribution >= 0.6 is 22.9 Å². The summed E-state index contributed by atoms with van der Waals surface area (Å²) in [6.07, 6.45) is 0.831. The molecule has 0 fully saturated rings. The zero-order valence-electron chi connectivity index (χ0n) is 5.93. The normalized spacial score (nSPS) is 10.0. The molecule has 0 saturated heterocycles. The topological polar surface area (TPSA) is 37.3 Å². The van der Waals surface area contributed by atoms with E-state index in [1.807, 2.05) is 6.92 Å². The number of carboxylic acid groups (broad SMARTS) is 1. The quantitative estimate of drug-likeness (QED) is 0.779. The van der Waals surface area contributed by atoms with Crippen molar-refractivity contribution >= 4 is 28.9 Å². The number of thiophene rings is 1. The highest BCUT2D eigenvalue weighted by Crippen LogP contribution is 2.27. The lowest BCUT2D eigenvalue weighted by atomic mass is 10.3. The molecule has 0 radical (unpaired) electrons. The van der Waals surface area contributed by atoms with Gasteiger partial charge in [-0.3, -0.25) is 0 Å². The molecule has 1 rings (SSSR count). The third kappa shape index (κ3) is 1.73. The lowest BCUT2D eigenvalue weighted by molar-refractivity contribution is 0.0697. The van der Waals surface area contributed by atoms with E-state index in [1.165, 1.54) is 11.3 Å². The number of aryl methyl sites for hydroxylation is 1. The maximum Gasteiger partial charge on any atom is 0.338 e. The molecule has 1 aromatic heterocycles.